The van der Waals surface area contributed by atoms with Gasteiger partial charge in [-0.15, -0.1) is 11.3 Å². The van der Waals surface area contributed by atoms with Gasteiger partial charge in [-0.05, 0) is 29.6 Å². The first kappa shape index (κ1) is 14.1. The lowest BCUT2D eigenvalue weighted by atomic mass is 10.1. The van der Waals surface area contributed by atoms with Crippen LogP contribution in [-0.4, -0.2) is 7.11 Å². The zero-order valence-corrected chi connectivity index (χ0v) is 13.1. The van der Waals surface area contributed by atoms with Gasteiger partial charge in [0.05, 0.1) is 17.7 Å². The maximum absolute atomic E-state index is 9.31. The molecule has 0 saturated carbocycles. The summed E-state index contributed by atoms with van der Waals surface area (Å²) >= 11 is 11.2. The molecule has 0 saturated heterocycles. The minimum atomic E-state index is 0.398. The minimum absolute atomic E-state index is 0.398. The number of rotatable bonds is 3. The van der Waals surface area contributed by atoms with Gasteiger partial charge >= 0.3 is 0 Å². The molecule has 0 N–H and O–H groups in total. The second-order valence-corrected chi connectivity index (χ2v) is 5.86. The Morgan fingerprint density at radius 1 is 1.42 bits per heavy atom. The van der Waals surface area contributed by atoms with Crippen molar-refractivity contribution >= 4 is 49.5 Å². The maximum Gasteiger partial charge on any atom is 0.128 e. The zero-order chi connectivity index (χ0) is 13.8. The van der Waals surface area contributed by atoms with Crippen LogP contribution in [0.2, 0.25) is 0 Å². The van der Waals surface area contributed by atoms with Gasteiger partial charge in [0.15, 0.2) is 0 Å². The van der Waals surface area contributed by atoms with E-state index < -0.39 is 0 Å². The maximum atomic E-state index is 9.31. The molecule has 2 nitrogen and oxygen atoms in total. The third-order valence-electron chi connectivity index (χ3n) is 2.50. The fourth-order valence-electron chi connectivity index (χ4n) is 1.61. The average Bonchev–Trinajstić information content (AvgIpc) is 2.93. The highest BCUT2D eigenvalue weighted by atomic mass is 79.9. The van der Waals surface area contributed by atoms with Gasteiger partial charge < -0.3 is 4.74 Å². The van der Waals surface area contributed by atoms with Gasteiger partial charge in [0.25, 0.3) is 0 Å². The van der Waals surface area contributed by atoms with Gasteiger partial charge in [-0.2, -0.15) is 5.26 Å². The quantitative estimate of drug-likeness (QED) is 0.714. The first-order valence-corrected chi connectivity index (χ1v) is 7.40. The number of nitriles is 1. The van der Waals surface area contributed by atoms with Crippen LogP contribution in [0.4, 0.5) is 0 Å². The molecule has 2 aromatic rings. The average molecular weight is 355 g/mol. The second-order valence-electron chi connectivity index (χ2n) is 3.62. The molecular weight excluding hydrogens is 346 g/mol. The Bertz CT molecular complexity index is 659. The number of methoxy groups -OCH3 is 1. The molecule has 0 unspecified atom stereocenters. The van der Waals surface area contributed by atoms with Crippen molar-refractivity contribution in [2.75, 3.05) is 7.11 Å². The number of benzene rings is 1. The van der Waals surface area contributed by atoms with Crippen molar-refractivity contribution in [2.45, 2.75) is 0 Å². The highest BCUT2D eigenvalue weighted by Crippen LogP contribution is 2.37. The van der Waals surface area contributed by atoms with Crippen molar-refractivity contribution < 1.29 is 4.74 Å². The van der Waals surface area contributed by atoms with Crippen molar-refractivity contribution in [1.82, 2.24) is 0 Å². The van der Waals surface area contributed by atoms with E-state index in [1.165, 1.54) is 11.3 Å². The van der Waals surface area contributed by atoms with E-state index in [-0.39, 0.29) is 0 Å². The molecule has 1 heterocycles. The van der Waals surface area contributed by atoms with Crippen LogP contribution in [0.1, 0.15) is 10.4 Å². The summed E-state index contributed by atoms with van der Waals surface area (Å²) < 4.78 is 6.20. The molecule has 5 heteroatoms. The molecule has 19 heavy (non-hydrogen) atoms. The molecule has 0 aliphatic rings. The molecule has 0 aliphatic heterocycles. The van der Waals surface area contributed by atoms with E-state index in [2.05, 4.69) is 22.0 Å². The molecule has 1 aromatic heterocycles. The van der Waals surface area contributed by atoms with Gasteiger partial charge in [-0.25, -0.2) is 0 Å². The summed E-state index contributed by atoms with van der Waals surface area (Å²) in [6.45, 7) is 0. The van der Waals surface area contributed by atoms with Crippen molar-refractivity contribution in [3.8, 4) is 11.8 Å². The van der Waals surface area contributed by atoms with Crippen molar-refractivity contribution in [1.29, 1.82) is 5.26 Å². The molecule has 0 fully saturated rings. The van der Waals surface area contributed by atoms with Crippen molar-refractivity contribution in [3.63, 3.8) is 0 Å². The van der Waals surface area contributed by atoms with Crippen molar-refractivity contribution in [3.05, 3.63) is 50.6 Å². The van der Waals surface area contributed by atoms with E-state index in [1.54, 1.807) is 7.11 Å². The molecule has 0 radical (unpaired) electrons. The molecular formula is C14H9BrClNOS. The number of nitrogens with zero attached hydrogens (tertiary/aromatic N) is 1. The van der Waals surface area contributed by atoms with Crippen LogP contribution in [-0.2, 0) is 0 Å². The Morgan fingerprint density at radius 3 is 2.79 bits per heavy atom. The zero-order valence-electron chi connectivity index (χ0n) is 9.98. The predicted molar refractivity (Wildman–Crippen MR) is 83.3 cm³/mol. The number of hydrogen-bond acceptors (Lipinski definition) is 3. The van der Waals surface area contributed by atoms with Gasteiger partial charge in [-0.3, -0.25) is 0 Å². The molecule has 0 amide bonds. The summed E-state index contributed by atoms with van der Waals surface area (Å²) in [7, 11) is 1.58. The fraction of sp³-hybridized carbons (Fsp3) is 0.0714. The number of hydrogen-bond donors (Lipinski definition) is 0. The Labute approximate surface area is 129 Å². The highest BCUT2D eigenvalue weighted by molar-refractivity contribution is 9.10. The molecule has 0 aliphatic carbocycles. The summed E-state index contributed by atoms with van der Waals surface area (Å²) in [4.78, 5) is 0.845. The Hall–Kier alpha value is -1.28. The number of allylic oxidation sites excluding steroid dienone is 1. The first-order chi connectivity index (χ1) is 9.17. The summed E-state index contributed by atoms with van der Waals surface area (Å²) in [5, 5.41) is 11.6. The third kappa shape index (κ3) is 3.01. The normalized spacial score (nSPS) is 11.7. The lowest BCUT2D eigenvalue weighted by Crippen LogP contribution is -1.91. The minimum Gasteiger partial charge on any atom is -0.496 e. The van der Waals surface area contributed by atoms with E-state index in [1.807, 2.05) is 35.7 Å². The molecule has 0 atom stereocenters. The van der Waals surface area contributed by atoms with Gasteiger partial charge in [-0.1, -0.05) is 33.6 Å². The van der Waals surface area contributed by atoms with Crippen LogP contribution in [0.25, 0.3) is 10.6 Å². The van der Waals surface area contributed by atoms with Crippen LogP contribution < -0.4 is 4.74 Å². The summed E-state index contributed by atoms with van der Waals surface area (Å²) in [6, 6.07) is 11.4. The molecule has 2 rings (SSSR count). The van der Waals surface area contributed by atoms with E-state index in [9.17, 15) is 5.26 Å². The smallest absolute Gasteiger partial charge is 0.128 e. The topological polar surface area (TPSA) is 33.0 Å². The van der Waals surface area contributed by atoms with Gasteiger partial charge in [0.1, 0.15) is 11.8 Å². The lowest BCUT2D eigenvalue weighted by Gasteiger charge is -2.09. The first-order valence-electron chi connectivity index (χ1n) is 5.35. The molecule has 96 valence electrons. The van der Waals surface area contributed by atoms with E-state index in [4.69, 9.17) is 16.3 Å². The van der Waals surface area contributed by atoms with Crippen LogP contribution in [0.3, 0.4) is 0 Å². The summed E-state index contributed by atoms with van der Waals surface area (Å²) in [5.41, 5.74) is 1.16. The second kappa shape index (κ2) is 6.25. The van der Waals surface area contributed by atoms with Gasteiger partial charge in [0, 0.05) is 14.9 Å². The third-order valence-corrected chi connectivity index (χ3v) is 4.27. The van der Waals surface area contributed by atoms with E-state index in [0.717, 1.165) is 9.35 Å². The van der Waals surface area contributed by atoms with E-state index in [0.29, 0.717) is 21.9 Å². The summed E-state index contributed by atoms with van der Waals surface area (Å²) in [6.07, 6.45) is 0. The van der Waals surface area contributed by atoms with Gasteiger partial charge in [0.2, 0.25) is 0 Å². The number of halogens is 2. The molecule has 0 spiro atoms. The number of ether oxygens (including phenoxy) is 1. The Balaban J connectivity index is 2.60. The number of thiophene rings is 1. The highest BCUT2D eigenvalue weighted by Gasteiger charge is 2.14. The van der Waals surface area contributed by atoms with Crippen LogP contribution >= 0.6 is 38.9 Å². The molecule has 1 aromatic carbocycles. The monoisotopic (exact) mass is 353 g/mol. The lowest BCUT2D eigenvalue weighted by molar-refractivity contribution is 0.413. The SMILES string of the molecule is COc1cc(Br)ccc1/C(Cl)=C(/C#N)c1cccs1. The molecule has 0 bridgehead atoms. The Kier molecular flexibility index (Phi) is 4.65. The van der Waals surface area contributed by atoms with Crippen molar-refractivity contribution in [2.24, 2.45) is 0 Å². The predicted octanol–water partition coefficient (Wildman–Crippen LogP) is 5.15. The summed E-state index contributed by atoms with van der Waals surface area (Å²) in [5.74, 6) is 0.628. The largest absolute Gasteiger partial charge is 0.496 e. The van der Waals surface area contributed by atoms with Crippen LogP contribution in [0.5, 0.6) is 5.75 Å². The fourth-order valence-corrected chi connectivity index (χ4v) is 3.04. The van der Waals surface area contributed by atoms with E-state index >= 15 is 0 Å². The van der Waals surface area contributed by atoms with Crippen LogP contribution in [0, 0.1) is 11.3 Å². The standard InChI is InChI=1S/C14H9BrClNOS/c1-18-12-7-9(15)4-5-10(12)14(16)11(8-17)13-3-2-6-19-13/h2-7H,1H3/b14-11+. The van der Waals surface area contributed by atoms with Crippen LogP contribution in [0.15, 0.2) is 40.2 Å². The Morgan fingerprint density at radius 2 is 2.21 bits per heavy atom.